The molecule has 4 nitrogen and oxygen atoms in total. The van der Waals surface area contributed by atoms with E-state index in [1.807, 2.05) is 0 Å². The predicted octanol–water partition coefficient (Wildman–Crippen LogP) is 3.90. The van der Waals surface area contributed by atoms with E-state index in [-0.39, 0.29) is 12.3 Å². The third-order valence-electron chi connectivity index (χ3n) is 3.62. The molecule has 0 saturated heterocycles. The van der Waals surface area contributed by atoms with Gasteiger partial charge in [0.05, 0.1) is 5.56 Å². The summed E-state index contributed by atoms with van der Waals surface area (Å²) in [5.74, 6) is -0.761. The Morgan fingerprint density at radius 1 is 1.04 bits per heavy atom. The average Bonchev–Trinajstić information content (AvgIpc) is 2.59. The molecule has 0 aliphatic heterocycles. The lowest BCUT2D eigenvalue weighted by Gasteiger charge is -2.08. The summed E-state index contributed by atoms with van der Waals surface area (Å²) in [6.45, 7) is -0.203. The van der Waals surface area contributed by atoms with E-state index in [2.05, 4.69) is 4.98 Å². The lowest BCUT2D eigenvalue weighted by atomic mass is 10.1. The molecule has 0 saturated carbocycles. The maximum atomic E-state index is 12.5. The van der Waals surface area contributed by atoms with Crippen molar-refractivity contribution in [3.63, 3.8) is 0 Å². The van der Waals surface area contributed by atoms with Crippen molar-refractivity contribution in [2.75, 3.05) is 0 Å². The highest BCUT2D eigenvalue weighted by atomic mass is 19.4. The predicted molar refractivity (Wildman–Crippen MR) is 85.1 cm³/mol. The van der Waals surface area contributed by atoms with Crippen molar-refractivity contribution in [1.29, 1.82) is 0 Å². The number of hydrogen-bond acceptors (Lipinski definition) is 3. The van der Waals surface area contributed by atoms with Crippen LogP contribution in [0.4, 0.5) is 13.2 Å². The van der Waals surface area contributed by atoms with Crippen molar-refractivity contribution in [2.45, 2.75) is 12.8 Å². The number of ether oxygens (including phenoxy) is 1. The number of alkyl halides is 3. The molecule has 0 bridgehead atoms. The molecule has 1 aromatic heterocycles. The van der Waals surface area contributed by atoms with Crippen molar-refractivity contribution in [2.24, 2.45) is 0 Å². The van der Waals surface area contributed by atoms with Gasteiger partial charge < -0.3 is 9.72 Å². The van der Waals surface area contributed by atoms with Crippen molar-refractivity contribution in [3.05, 3.63) is 81.8 Å². The molecule has 0 amide bonds. The number of H-pyrrole nitrogens is 1. The molecule has 3 rings (SSSR count). The Kier molecular flexibility index (Phi) is 4.31. The van der Waals surface area contributed by atoms with E-state index in [9.17, 15) is 22.8 Å². The fourth-order valence-corrected chi connectivity index (χ4v) is 2.34. The SMILES string of the molecule is O=C(OCc1ccc(C(F)(F)F)cc1)c1cc2ccccc2c(=O)[nH]1. The summed E-state index contributed by atoms with van der Waals surface area (Å²) in [5, 5.41) is 1.04. The molecule has 0 aliphatic rings. The minimum Gasteiger partial charge on any atom is -0.456 e. The number of aromatic amines is 1. The number of nitrogens with one attached hydrogen (secondary N) is 1. The van der Waals surface area contributed by atoms with Crippen molar-refractivity contribution < 1.29 is 22.7 Å². The molecule has 0 atom stereocenters. The molecular weight excluding hydrogens is 335 g/mol. The van der Waals surface area contributed by atoms with Gasteiger partial charge in [0.25, 0.3) is 5.56 Å². The molecular formula is C18H12F3NO3. The Bertz CT molecular complexity index is 975. The zero-order chi connectivity index (χ0) is 18.0. The molecule has 1 heterocycles. The molecule has 7 heteroatoms. The number of aromatic nitrogens is 1. The van der Waals surface area contributed by atoms with Crippen molar-refractivity contribution in [3.8, 4) is 0 Å². The van der Waals surface area contributed by atoms with Gasteiger partial charge in [0.1, 0.15) is 12.3 Å². The van der Waals surface area contributed by atoms with E-state index in [0.717, 1.165) is 12.1 Å². The average molecular weight is 347 g/mol. The van der Waals surface area contributed by atoms with E-state index in [1.54, 1.807) is 24.3 Å². The molecule has 3 aromatic rings. The number of fused-ring (bicyclic) bond motifs is 1. The summed E-state index contributed by atoms with van der Waals surface area (Å²) in [4.78, 5) is 26.4. The van der Waals surface area contributed by atoms with Crippen LogP contribution < -0.4 is 5.56 Å². The van der Waals surface area contributed by atoms with Gasteiger partial charge in [-0.15, -0.1) is 0 Å². The van der Waals surface area contributed by atoms with Crippen molar-refractivity contribution in [1.82, 2.24) is 4.98 Å². The Hall–Kier alpha value is -3.09. The smallest absolute Gasteiger partial charge is 0.416 e. The topological polar surface area (TPSA) is 59.2 Å². The fourth-order valence-electron chi connectivity index (χ4n) is 2.34. The number of benzene rings is 2. The second-order valence-corrected chi connectivity index (χ2v) is 5.37. The first-order valence-corrected chi connectivity index (χ1v) is 7.30. The highest BCUT2D eigenvalue weighted by Crippen LogP contribution is 2.29. The molecule has 0 radical (unpaired) electrons. The van der Waals surface area contributed by atoms with Crippen molar-refractivity contribution >= 4 is 16.7 Å². The Morgan fingerprint density at radius 3 is 2.40 bits per heavy atom. The largest absolute Gasteiger partial charge is 0.456 e. The molecule has 0 aliphatic carbocycles. The number of pyridine rings is 1. The monoisotopic (exact) mass is 347 g/mol. The highest BCUT2D eigenvalue weighted by Gasteiger charge is 2.29. The fraction of sp³-hybridized carbons (Fsp3) is 0.111. The van der Waals surface area contributed by atoms with Crippen LogP contribution in [0.2, 0.25) is 0 Å². The van der Waals surface area contributed by atoms with Gasteiger partial charge in [-0.3, -0.25) is 4.79 Å². The number of hydrogen-bond donors (Lipinski definition) is 1. The molecule has 1 N–H and O–H groups in total. The second-order valence-electron chi connectivity index (χ2n) is 5.37. The van der Waals surface area contributed by atoms with Gasteiger partial charge in [-0.05, 0) is 35.2 Å². The van der Waals surface area contributed by atoms with Crippen LogP contribution >= 0.6 is 0 Å². The second kappa shape index (κ2) is 6.43. The molecule has 2 aromatic carbocycles. The van der Waals surface area contributed by atoms with Gasteiger partial charge in [-0.2, -0.15) is 13.2 Å². The van der Waals surface area contributed by atoms with Crippen LogP contribution in [0, 0.1) is 0 Å². The number of halogens is 3. The van der Waals surface area contributed by atoms with Gasteiger partial charge in [-0.25, -0.2) is 4.79 Å². The van der Waals surface area contributed by atoms with Gasteiger partial charge in [0.15, 0.2) is 0 Å². The summed E-state index contributed by atoms with van der Waals surface area (Å²) in [6.07, 6.45) is -4.42. The highest BCUT2D eigenvalue weighted by molar-refractivity contribution is 5.92. The van der Waals surface area contributed by atoms with Gasteiger partial charge in [0, 0.05) is 5.39 Å². The van der Waals surface area contributed by atoms with E-state index < -0.39 is 23.3 Å². The normalized spacial score (nSPS) is 11.5. The first-order valence-electron chi connectivity index (χ1n) is 7.30. The van der Waals surface area contributed by atoms with Crippen LogP contribution in [0.15, 0.2) is 59.4 Å². The standard InChI is InChI=1S/C18H12F3NO3/c19-18(20,21)13-7-5-11(6-8-13)10-25-17(24)15-9-12-3-1-2-4-14(12)16(23)22-15/h1-9H,10H2,(H,22,23). The molecule has 128 valence electrons. The zero-order valence-corrected chi connectivity index (χ0v) is 12.8. The first kappa shape index (κ1) is 16.8. The van der Waals surface area contributed by atoms with E-state index >= 15 is 0 Å². The summed E-state index contributed by atoms with van der Waals surface area (Å²) in [6, 6.07) is 12.6. The molecule has 0 fully saturated rings. The molecule has 25 heavy (non-hydrogen) atoms. The summed E-state index contributed by atoms with van der Waals surface area (Å²) in [7, 11) is 0. The van der Waals surface area contributed by atoms with Crippen LogP contribution in [0.5, 0.6) is 0 Å². The number of rotatable bonds is 3. The van der Waals surface area contributed by atoms with Gasteiger partial charge in [-0.1, -0.05) is 30.3 Å². The maximum Gasteiger partial charge on any atom is 0.416 e. The van der Waals surface area contributed by atoms with Crippen LogP contribution in [0.1, 0.15) is 21.6 Å². The Morgan fingerprint density at radius 2 is 1.72 bits per heavy atom. The minimum absolute atomic E-state index is 0.0180. The number of esters is 1. The Balaban J connectivity index is 1.74. The third kappa shape index (κ3) is 3.71. The van der Waals surface area contributed by atoms with E-state index in [1.165, 1.54) is 18.2 Å². The first-order chi connectivity index (χ1) is 11.8. The van der Waals surface area contributed by atoms with E-state index in [0.29, 0.717) is 16.3 Å². The molecule has 0 spiro atoms. The Labute approximate surface area is 139 Å². The number of carbonyl (C=O) groups excluding carboxylic acids is 1. The van der Waals surface area contributed by atoms with Gasteiger partial charge in [0.2, 0.25) is 0 Å². The van der Waals surface area contributed by atoms with Gasteiger partial charge >= 0.3 is 12.1 Å². The van der Waals surface area contributed by atoms with Crippen LogP contribution in [-0.4, -0.2) is 11.0 Å². The maximum absolute atomic E-state index is 12.5. The summed E-state index contributed by atoms with van der Waals surface area (Å²) in [5.41, 5.74) is -0.805. The third-order valence-corrected chi connectivity index (χ3v) is 3.62. The number of carbonyl (C=O) groups is 1. The molecule has 0 unspecified atom stereocenters. The van der Waals surface area contributed by atoms with Crippen LogP contribution in [-0.2, 0) is 17.5 Å². The quantitative estimate of drug-likeness (QED) is 0.731. The lowest BCUT2D eigenvalue weighted by Crippen LogP contribution is -2.15. The lowest BCUT2D eigenvalue weighted by molar-refractivity contribution is -0.137. The van der Waals surface area contributed by atoms with Crippen LogP contribution in [0.25, 0.3) is 10.8 Å². The zero-order valence-electron chi connectivity index (χ0n) is 12.8. The minimum atomic E-state index is -4.42. The summed E-state index contributed by atoms with van der Waals surface area (Å²) < 4.78 is 42.6. The van der Waals surface area contributed by atoms with E-state index in [4.69, 9.17) is 4.74 Å². The summed E-state index contributed by atoms with van der Waals surface area (Å²) >= 11 is 0. The van der Waals surface area contributed by atoms with Crippen LogP contribution in [0.3, 0.4) is 0 Å².